The number of rotatable bonds is 3. The quantitative estimate of drug-likeness (QED) is 0.946. The number of hydrogen-bond donors (Lipinski definition) is 1. The first-order valence-electron chi connectivity index (χ1n) is 7.88. The third-order valence-corrected chi connectivity index (χ3v) is 4.27. The summed E-state index contributed by atoms with van der Waals surface area (Å²) in [5, 5.41) is 6.74. The number of likely N-dealkylation sites (N-methyl/N-ethyl adjacent to an activating group) is 2. The molecule has 0 radical (unpaired) electrons. The summed E-state index contributed by atoms with van der Waals surface area (Å²) >= 11 is 0. The van der Waals surface area contributed by atoms with Gasteiger partial charge in [0.2, 0.25) is 0 Å². The van der Waals surface area contributed by atoms with E-state index in [0.717, 1.165) is 31.5 Å². The smallest absolute Gasteiger partial charge is 0.323 e. The van der Waals surface area contributed by atoms with E-state index in [4.69, 9.17) is 4.52 Å². The van der Waals surface area contributed by atoms with Crippen molar-refractivity contribution in [1.82, 2.24) is 15.0 Å². The van der Waals surface area contributed by atoms with Crippen molar-refractivity contribution in [3.8, 4) is 11.3 Å². The highest BCUT2D eigenvalue weighted by Gasteiger charge is 2.25. The van der Waals surface area contributed by atoms with E-state index in [1.54, 1.807) is 11.0 Å². The first kappa shape index (κ1) is 15.6. The summed E-state index contributed by atoms with van der Waals surface area (Å²) in [6.45, 7) is 1.99. The number of benzene rings is 1. The Morgan fingerprint density at radius 2 is 2.17 bits per heavy atom. The zero-order chi connectivity index (χ0) is 16.2. The summed E-state index contributed by atoms with van der Waals surface area (Å²) < 4.78 is 5.30. The van der Waals surface area contributed by atoms with E-state index < -0.39 is 0 Å². The second-order valence-corrected chi connectivity index (χ2v) is 6.04. The van der Waals surface area contributed by atoms with Crippen LogP contribution in [0.3, 0.4) is 0 Å². The number of carbonyl (C=O) groups is 1. The van der Waals surface area contributed by atoms with Gasteiger partial charge in [0.1, 0.15) is 0 Å². The van der Waals surface area contributed by atoms with Crippen molar-refractivity contribution in [3.05, 3.63) is 36.4 Å². The Kier molecular flexibility index (Phi) is 4.62. The molecule has 2 heterocycles. The summed E-state index contributed by atoms with van der Waals surface area (Å²) in [5.74, 6) is 1.07. The van der Waals surface area contributed by atoms with Crippen molar-refractivity contribution in [2.24, 2.45) is 0 Å². The molecule has 6 nitrogen and oxygen atoms in total. The van der Waals surface area contributed by atoms with Gasteiger partial charge in [-0.2, -0.15) is 0 Å². The fourth-order valence-electron chi connectivity index (χ4n) is 2.89. The van der Waals surface area contributed by atoms with Gasteiger partial charge in [0.05, 0.1) is 0 Å². The van der Waals surface area contributed by atoms with E-state index in [-0.39, 0.29) is 12.1 Å². The summed E-state index contributed by atoms with van der Waals surface area (Å²) in [4.78, 5) is 16.4. The van der Waals surface area contributed by atoms with Gasteiger partial charge in [-0.3, -0.25) is 5.32 Å². The van der Waals surface area contributed by atoms with Crippen LogP contribution >= 0.6 is 0 Å². The van der Waals surface area contributed by atoms with Gasteiger partial charge in [-0.15, -0.1) is 0 Å². The molecule has 0 bridgehead atoms. The van der Waals surface area contributed by atoms with Crippen LogP contribution in [0.25, 0.3) is 11.3 Å². The molecule has 3 rings (SSSR count). The lowest BCUT2D eigenvalue weighted by Gasteiger charge is -2.35. The number of nitrogens with one attached hydrogen (secondary N) is 1. The standard InChI is InChI=1S/C17H22N4O2/c1-20-10-6-9-14(12-20)21(2)17(22)18-16-11-15(23-19-16)13-7-4-3-5-8-13/h3-5,7-8,11,14H,6,9-10,12H2,1-2H3,(H,18,19,22). The average molecular weight is 314 g/mol. The van der Waals surface area contributed by atoms with Gasteiger partial charge in [0.15, 0.2) is 11.6 Å². The first-order valence-corrected chi connectivity index (χ1v) is 7.88. The summed E-state index contributed by atoms with van der Waals surface area (Å²) in [6, 6.07) is 11.5. The molecule has 1 aliphatic rings. The molecule has 0 aliphatic carbocycles. The molecule has 2 aromatic rings. The number of aromatic nitrogens is 1. The molecule has 1 fully saturated rings. The van der Waals surface area contributed by atoms with Crippen molar-refractivity contribution in [2.45, 2.75) is 18.9 Å². The van der Waals surface area contributed by atoms with Crippen LogP contribution in [0, 0.1) is 0 Å². The first-order chi connectivity index (χ1) is 11.1. The maximum absolute atomic E-state index is 12.4. The van der Waals surface area contributed by atoms with Crippen LogP contribution in [0.2, 0.25) is 0 Å². The Bertz CT molecular complexity index is 656. The zero-order valence-corrected chi connectivity index (χ0v) is 13.5. The molecule has 1 atom stereocenters. The minimum Gasteiger partial charge on any atom is -0.354 e. The highest BCUT2D eigenvalue weighted by molar-refractivity contribution is 5.88. The van der Waals surface area contributed by atoms with Crippen LogP contribution in [-0.4, -0.2) is 54.2 Å². The number of nitrogens with zero attached hydrogens (tertiary/aromatic N) is 3. The van der Waals surface area contributed by atoms with E-state index in [9.17, 15) is 4.79 Å². The predicted octanol–water partition coefficient (Wildman–Crippen LogP) is 2.90. The van der Waals surface area contributed by atoms with E-state index in [1.165, 1.54) is 0 Å². The molecule has 1 aromatic heterocycles. The van der Waals surface area contributed by atoms with E-state index in [2.05, 4.69) is 22.4 Å². The molecule has 0 saturated carbocycles. The molecule has 0 spiro atoms. The lowest BCUT2D eigenvalue weighted by Crippen LogP contribution is -2.48. The molecule has 23 heavy (non-hydrogen) atoms. The van der Waals surface area contributed by atoms with Gasteiger partial charge in [0.25, 0.3) is 0 Å². The topological polar surface area (TPSA) is 61.6 Å². The highest BCUT2D eigenvalue weighted by Crippen LogP contribution is 2.22. The monoisotopic (exact) mass is 314 g/mol. The Hall–Kier alpha value is -2.34. The van der Waals surface area contributed by atoms with E-state index >= 15 is 0 Å². The fourth-order valence-corrected chi connectivity index (χ4v) is 2.89. The largest absolute Gasteiger partial charge is 0.354 e. The molecular formula is C17H22N4O2. The zero-order valence-electron chi connectivity index (χ0n) is 13.5. The van der Waals surface area contributed by atoms with Crippen molar-refractivity contribution in [1.29, 1.82) is 0 Å². The van der Waals surface area contributed by atoms with E-state index in [0.29, 0.717) is 11.6 Å². The van der Waals surface area contributed by atoms with Crippen molar-refractivity contribution in [2.75, 3.05) is 32.5 Å². The normalized spacial score (nSPS) is 18.6. The van der Waals surface area contributed by atoms with Crippen LogP contribution in [0.5, 0.6) is 0 Å². The molecule has 122 valence electrons. The van der Waals surface area contributed by atoms with Crippen LogP contribution in [0.15, 0.2) is 40.9 Å². The number of likely N-dealkylation sites (tertiary alicyclic amines) is 1. The molecule has 6 heteroatoms. The molecule has 1 aliphatic heterocycles. The van der Waals surface area contributed by atoms with Crippen LogP contribution < -0.4 is 5.32 Å². The second kappa shape index (κ2) is 6.83. The number of urea groups is 1. The Balaban J connectivity index is 1.63. The number of carbonyl (C=O) groups excluding carboxylic acids is 1. The minimum atomic E-state index is -0.154. The molecule has 1 aromatic carbocycles. The Labute approximate surface area is 136 Å². The second-order valence-electron chi connectivity index (χ2n) is 6.04. The van der Waals surface area contributed by atoms with Gasteiger partial charge >= 0.3 is 6.03 Å². The number of hydrogen-bond acceptors (Lipinski definition) is 4. The van der Waals surface area contributed by atoms with Crippen LogP contribution in [0.4, 0.5) is 10.6 Å². The SMILES string of the molecule is CN1CCCC(N(C)C(=O)Nc2cc(-c3ccccc3)on2)C1. The van der Waals surface area contributed by atoms with Gasteiger partial charge in [-0.25, -0.2) is 4.79 Å². The van der Waals surface area contributed by atoms with Crippen LogP contribution in [-0.2, 0) is 0 Å². The molecule has 1 saturated heterocycles. The number of anilines is 1. The van der Waals surface area contributed by atoms with Gasteiger partial charge in [-0.1, -0.05) is 35.5 Å². The number of piperidine rings is 1. The lowest BCUT2D eigenvalue weighted by molar-refractivity contribution is 0.148. The fraction of sp³-hybridized carbons (Fsp3) is 0.412. The van der Waals surface area contributed by atoms with Crippen molar-refractivity contribution in [3.63, 3.8) is 0 Å². The molecule has 1 unspecified atom stereocenters. The molecular weight excluding hydrogens is 292 g/mol. The Morgan fingerprint density at radius 3 is 2.91 bits per heavy atom. The predicted molar refractivity (Wildman–Crippen MR) is 89.2 cm³/mol. The third kappa shape index (κ3) is 3.71. The Morgan fingerprint density at radius 1 is 1.39 bits per heavy atom. The van der Waals surface area contributed by atoms with Crippen molar-refractivity contribution < 1.29 is 9.32 Å². The van der Waals surface area contributed by atoms with Gasteiger partial charge in [0, 0.05) is 31.3 Å². The third-order valence-electron chi connectivity index (χ3n) is 4.27. The van der Waals surface area contributed by atoms with Gasteiger partial charge < -0.3 is 14.3 Å². The van der Waals surface area contributed by atoms with Gasteiger partial charge in [-0.05, 0) is 26.4 Å². The summed E-state index contributed by atoms with van der Waals surface area (Å²) in [5.41, 5.74) is 0.933. The average Bonchev–Trinajstić information content (AvgIpc) is 3.03. The maximum Gasteiger partial charge on any atom is 0.323 e. The highest BCUT2D eigenvalue weighted by atomic mass is 16.5. The van der Waals surface area contributed by atoms with Crippen LogP contribution in [0.1, 0.15) is 12.8 Å². The van der Waals surface area contributed by atoms with Crippen molar-refractivity contribution >= 4 is 11.8 Å². The van der Waals surface area contributed by atoms with E-state index in [1.807, 2.05) is 37.4 Å². The number of amides is 2. The molecule has 2 amide bonds. The lowest BCUT2D eigenvalue weighted by atomic mass is 10.1. The summed E-state index contributed by atoms with van der Waals surface area (Å²) in [6.07, 6.45) is 2.14. The molecule has 1 N–H and O–H groups in total. The summed E-state index contributed by atoms with van der Waals surface area (Å²) in [7, 11) is 3.92. The maximum atomic E-state index is 12.4. The minimum absolute atomic E-state index is 0.154.